The SMILES string of the molecule is Cc1cc(Cl)ccc1C(N)c1cccc2cnccc12. The Bertz CT molecular complexity index is 763. The first-order chi connectivity index (χ1) is 9.66. The maximum atomic E-state index is 6.47. The topological polar surface area (TPSA) is 38.9 Å². The molecule has 20 heavy (non-hydrogen) atoms. The molecule has 3 rings (SSSR count). The van der Waals surface area contributed by atoms with Gasteiger partial charge in [0, 0.05) is 22.8 Å². The van der Waals surface area contributed by atoms with Crippen LogP contribution >= 0.6 is 11.6 Å². The van der Waals surface area contributed by atoms with Gasteiger partial charge in [0.15, 0.2) is 0 Å². The van der Waals surface area contributed by atoms with Crippen LogP contribution in [0.3, 0.4) is 0 Å². The minimum absolute atomic E-state index is 0.168. The summed E-state index contributed by atoms with van der Waals surface area (Å²) in [5.41, 5.74) is 9.78. The predicted octanol–water partition coefficient (Wildman–Crippen LogP) is 4.24. The molecule has 0 amide bonds. The third-order valence-corrected chi connectivity index (χ3v) is 3.85. The molecule has 0 radical (unpaired) electrons. The van der Waals surface area contributed by atoms with E-state index in [0.717, 1.165) is 32.5 Å². The fraction of sp³-hybridized carbons (Fsp3) is 0.118. The third-order valence-electron chi connectivity index (χ3n) is 3.62. The van der Waals surface area contributed by atoms with Crippen LogP contribution in [0.2, 0.25) is 5.02 Å². The predicted molar refractivity (Wildman–Crippen MR) is 84.0 cm³/mol. The van der Waals surface area contributed by atoms with E-state index >= 15 is 0 Å². The molecule has 2 N–H and O–H groups in total. The highest BCUT2D eigenvalue weighted by Gasteiger charge is 2.14. The Kier molecular flexibility index (Phi) is 3.43. The van der Waals surface area contributed by atoms with Gasteiger partial charge in [-0.15, -0.1) is 0 Å². The summed E-state index contributed by atoms with van der Waals surface area (Å²) in [5, 5.41) is 2.98. The van der Waals surface area contributed by atoms with E-state index in [0.29, 0.717) is 0 Å². The van der Waals surface area contributed by atoms with Crippen molar-refractivity contribution in [3.05, 3.63) is 76.6 Å². The fourth-order valence-corrected chi connectivity index (χ4v) is 2.80. The van der Waals surface area contributed by atoms with Crippen molar-refractivity contribution in [1.82, 2.24) is 4.98 Å². The van der Waals surface area contributed by atoms with Gasteiger partial charge in [0.2, 0.25) is 0 Å². The van der Waals surface area contributed by atoms with E-state index in [1.807, 2.05) is 49.5 Å². The summed E-state index contributed by atoms with van der Waals surface area (Å²) in [6.07, 6.45) is 3.66. The highest BCUT2D eigenvalue weighted by molar-refractivity contribution is 6.30. The van der Waals surface area contributed by atoms with Crippen molar-refractivity contribution in [1.29, 1.82) is 0 Å². The number of hydrogen-bond acceptors (Lipinski definition) is 2. The van der Waals surface area contributed by atoms with Crippen LogP contribution in [0.15, 0.2) is 54.9 Å². The summed E-state index contributed by atoms with van der Waals surface area (Å²) in [6, 6.07) is 13.8. The molecule has 1 unspecified atom stereocenters. The molecule has 0 aliphatic rings. The minimum atomic E-state index is -0.168. The Labute approximate surface area is 123 Å². The van der Waals surface area contributed by atoms with E-state index in [-0.39, 0.29) is 6.04 Å². The lowest BCUT2D eigenvalue weighted by Crippen LogP contribution is -2.13. The Morgan fingerprint density at radius 2 is 1.95 bits per heavy atom. The number of halogens is 1. The second-order valence-electron chi connectivity index (χ2n) is 4.92. The van der Waals surface area contributed by atoms with Gasteiger partial charge < -0.3 is 5.73 Å². The van der Waals surface area contributed by atoms with Crippen molar-refractivity contribution in [2.45, 2.75) is 13.0 Å². The first kappa shape index (κ1) is 13.1. The highest BCUT2D eigenvalue weighted by atomic mass is 35.5. The van der Waals surface area contributed by atoms with E-state index < -0.39 is 0 Å². The molecule has 3 heteroatoms. The molecule has 0 bridgehead atoms. The molecule has 1 aromatic heterocycles. The quantitative estimate of drug-likeness (QED) is 0.763. The van der Waals surface area contributed by atoms with Gasteiger partial charge in [-0.1, -0.05) is 35.9 Å². The second kappa shape index (κ2) is 5.23. The molecule has 1 atom stereocenters. The molecule has 0 fully saturated rings. The first-order valence-corrected chi connectivity index (χ1v) is 6.89. The number of nitrogens with two attached hydrogens (primary N) is 1. The molecule has 0 saturated carbocycles. The lowest BCUT2D eigenvalue weighted by molar-refractivity contribution is 0.870. The van der Waals surface area contributed by atoms with E-state index in [4.69, 9.17) is 17.3 Å². The van der Waals surface area contributed by atoms with Crippen molar-refractivity contribution in [3.63, 3.8) is 0 Å². The molecule has 0 aliphatic heterocycles. The third kappa shape index (κ3) is 2.28. The summed E-state index contributed by atoms with van der Waals surface area (Å²) in [7, 11) is 0. The van der Waals surface area contributed by atoms with Gasteiger partial charge in [-0.2, -0.15) is 0 Å². The highest BCUT2D eigenvalue weighted by Crippen LogP contribution is 2.29. The largest absolute Gasteiger partial charge is 0.320 e. The zero-order chi connectivity index (χ0) is 14.1. The van der Waals surface area contributed by atoms with Crippen LogP contribution < -0.4 is 5.73 Å². The molecule has 0 saturated heterocycles. The lowest BCUT2D eigenvalue weighted by atomic mass is 9.92. The van der Waals surface area contributed by atoms with Crippen LogP contribution in [0.4, 0.5) is 0 Å². The summed E-state index contributed by atoms with van der Waals surface area (Å²) < 4.78 is 0. The number of benzene rings is 2. The molecule has 2 nitrogen and oxygen atoms in total. The molecule has 2 aromatic carbocycles. The minimum Gasteiger partial charge on any atom is -0.320 e. The number of aryl methyl sites for hydroxylation is 1. The van der Waals surface area contributed by atoms with Crippen LogP contribution in [-0.4, -0.2) is 4.98 Å². The van der Waals surface area contributed by atoms with Crippen molar-refractivity contribution >= 4 is 22.4 Å². The van der Waals surface area contributed by atoms with Gasteiger partial charge >= 0.3 is 0 Å². The Morgan fingerprint density at radius 3 is 2.75 bits per heavy atom. The Balaban J connectivity index is 2.15. The zero-order valence-electron chi connectivity index (χ0n) is 11.2. The molecule has 100 valence electrons. The van der Waals surface area contributed by atoms with Gasteiger partial charge in [0.1, 0.15) is 0 Å². The maximum Gasteiger partial charge on any atom is 0.0560 e. The molecular weight excluding hydrogens is 268 g/mol. The molecule has 0 spiro atoms. The van der Waals surface area contributed by atoms with Crippen LogP contribution in [-0.2, 0) is 0 Å². The summed E-state index contributed by atoms with van der Waals surface area (Å²) in [6.45, 7) is 2.04. The van der Waals surface area contributed by atoms with Crippen molar-refractivity contribution in [2.24, 2.45) is 5.73 Å². The number of hydrogen-bond donors (Lipinski definition) is 1. The van der Waals surface area contributed by atoms with Gasteiger partial charge in [-0.25, -0.2) is 0 Å². The average molecular weight is 283 g/mol. The van der Waals surface area contributed by atoms with Crippen LogP contribution in [0.1, 0.15) is 22.7 Å². The van der Waals surface area contributed by atoms with Crippen molar-refractivity contribution < 1.29 is 0 Å². The molecular formula is C17H15ClN2. The standard InChI is InChI=1S/C17H15ClN2/c1-11-9-13(18)5-6-14(11)17(19)16-4-2-3-12-10-20-8-7-15(12)16/h2-10,17H,19H2,1H3. The first-order valence-electron chi connectivity index (χ1n) is 6.51. The number of fused-ring (bicyclic) bond motifs is 1. The van der Waals surface area contributed by atoms with Gasteiger partial charge in [-0.3, -0.25) is 4.98 Å². The summed E-state index contributed by atoms with van der Waals surface area (Å²) in [4.78, 5) is 4.16. The summed E-state index contributed by atoms with van der Waals surface area (Å²) >= 11 is 6.01. The van der Waals surface area contributed by atoms with Gasteiger partial charge in [0.25, 0.3) is 0 Å². The Morgan fingerprint density at radius 1 is 1.10 bits per heavy atom. The van der Waals surface area contributed by atoms with E-state index in [9.17, 15) is 0 Å². The molecule has 3 aromatic rings. The van der Waals surface area contributed by atoms with E-state index in [2.05, 4.69) is 11.1 Å². The molecule has 1 heterocycles. The zero-order valence-corrected chi connectivity index (χ0v) is 11.9. The number of nitrogens with zero attached hydrogens (tertiary/aromatic N) is 1. The number of rotatable bonds is 2. The van der Waals surface area contributed by atoms with Gasteiger partial charge in [0.05, 0.1) is 6.04 Å². The van der Waals surface area contributed by atoms with Crippen LogP contribution in [0.25, 0.3) is 10.8 Å². The number of aromatic nitrogens is 1. The van der Waals surface area contributed by atoms with Crippen molar-refractivity contribution in [3.8, 4) is 0 Å². The van der Waals surface area contributed by atoms with Crippen LogP contribution in [0.5, 0.6) is 0 Å². The van der Waals surface area contributed by atoms with Crippen molar-refractivity contribution in [2.75, 3.05) is 0 Å². The molecule has 0 aliphatic carbocycles. The van der Waals surface area contributed by atoms with E-state index in [1.165, 1.54) is 0 Å². The maximum absolute atomic E-state index is 6.47. The van der Waals surface area contributed by atoms with Crippen LogP contribution in [0, 0.1) is 6.92 Å². The summed E-state index contributed by atoms with van der Waals surface area (Å²) in [5.74, 6) is 0. The number of pyridine rings is 1. The normalized spacial score (nSPS) is 12.6. The fourth-order valence-electron chi connectivity index (χ4n) is 2.57. The smallest absolute Gasteiger partial charge is 0.0560 e. The van der Waals surface area contributed by atoms with Gasteiger partial charge in [-0.05, 0) is 47.2 Å². The van der Waals surface area contributed by atoms with E-state index in [1.54, 1.807) is 6.20 Å². The monoisotopic (exact) mass is 282 g/mol. The Hall–Kier alpha value is -1.90. The second-order valence-corrected chi connectivity index (χ2v) is 5.36. The lowest BCUT2D eigenvalue weighted by Gasteiger charge is -2.17. The average Bonchev–Trinajstić information content (AvgIpc) is 2.46.